The Hall–Kier alpha value is 0.803. The molecule has 1 N–H and O–H groups in total. The van der Waals surface area contributed by atoms with Crippen LogP contribution in [-0.2, 0) is 26.2 Å². The number of hydrogen-bond donors (Lipinski definition) is 1. The average Bonchev–Trinajstić information content (AvgIpc) is 1.21. The van der Waals surface area contributed by atoms with Gasteiger partial charge in [0.1, 0.15) is 0 Å². The van der Waals surface area contributed by atoms with Crippen LogP contribution in [0.2, 0.25) is 0 Å². The van der Waals surface area contributed by atoms with E-state index in [4.69, 9.17) is 5.11 Å². The Kier molecular flexibility index (Phi) is 6.37. The van der Waals surface area contributed by atoms with Crippen molar-refractivity contribution in [2.45, 2.75) is 19.4 Å². The Labute approximate surface area is 76.4 Å². The number of hydrogen-bond acceptors (Lipinski definition) is 2. The van der Waals surface area contributed by atoms with E-state index < -0.39 is 5.60 Å². The largest absolute Gasteiger partial charge is 0.459 e. The van der Waals surface area contributed by atoms with E-state index in [1.807, 2.05) is 19.0 Å². The van der Waals surface area contributed by atoms with Gasteiger partial charge in [0.05, 0.1) is 0 Å². The van der Waals surface area contributed by atoms with Gasteiger partial charge in [-0.2, -0.15) is 0 Å². The summed E-state index contributed by atoms with van der Waals surface area (Å²) in [7, 11) is 3.77. The molecule has 0 aromatic heterocycles. The molecule has 2 nitrogen and oxygen atoms in total. The summed E-state index contributed by atoms with van der Waals surface area (Å²) < 4.78 is 0. The fraction of sp³-hybridized carbons (Fsp3) is 0.833. The Morgan fingerprint density at radius 1 is 1.33 bits per heavy atom. The molecule has 0 saturated carbocycles. The van der Waals surface area contributed by atoms with Crippen LogP contribution in [0.5, 0.6) is 0 Å². The third-order valence-electron chi connectivity index (χ3n) is 0.574. The van der Waals surface area contributed by atoms with E-state index in [0.29, 0.717) is 0 Å². The van der Waals surface area contributed by atoms with Crippen molar-refractivity contribution >= 4 is 0 Å². The van der Waals surface area contributed by atoms with Crippen molar-refractivity contribution in [2.75, 3.05) is 14.1 Å². The molecule has 0 spiro atoms. The van der Waals surface area contributed by atoms with Crippen molar-refractivity contribution < 1.29 is 31.3 Å². The van der Waals surface area contributed by atoms with Gasteiger partial charge in [0.2, 0.25) is 0 Å². The third-order valence-corrected chi connectivity index (χ3v) is 0.574. The van der Waals surface area contributed by atoms with Crippen molar-refractivity contribution in [3.63, 3.8) is 0 Å². The van der Waals surface area contributed by atoms with Crippen LogP contribution < -0.4 is 0 Å². The second kappa shape index (κ2) is 4.59. The van der Waals surface area contributed by atoms with Crippen molar-refractivity contribution in [3.05, 3.63) is 6.54 Å². The van der Waals surface area contributed by atoms with Crippen LogP contribution >= 0.6 is 0 Å². The molecule has 0 bridgehead atoms. The maximum Gasteiger partial charge on any atom is 0 e. The minimum atomic E-state index is -0.677. The zero-order valence-electron chi connectivity index (χ0n) is 6.47. The number of likely N-dealkylation sites (N-methyl/N-ethyl adjacent to an activating group) is 1. The number of aliphatic hydroxyl groups is 1. The van der Waals surface area contributed by atoms with E-state index >= 15 is 0 Å². The predicted molar refractivity (Wildman–Crippen MR) is 34.3 cm³/mol. The minimum Gasteiger partial charge on any atom is -0.459 e. The SMILES string of the molecule is CN(C)[CH-]C(C)(C)O.[Zr]. The summed E-state index contributed by atoms with van der Waals surface area (Å²) >= 11 is 0. The second-order valence-corrected chi connectivity index (χ2v) is 2.75. The first-order chi connectivity index (χ1) is 3.42. The molecule has 0 heterocycles. The second-order valence-electron chi connectivity index (χ2n) is 2.75. The van der Waals surface area contributed by atoms with E-state index in [0.717, 1.165) is 0 Å². The monoisotopic (exact) mass is 206 g/mol. The zero-order valence-corrected chi connectivity index (χ0v) is 8.93. The normalized spacial score (nSPS) is 11.3. The first-order valence-electron chi connectivity index (χ1n) is 2.66. The van der Waals surface area contributed by atoms with E-state index in [9.17, 15) is 0 Å². The van der Waals surface area contributed by atoms with Crippen molar-refractivity contribution in [1.82, 2.24) is 4.90 Å². The molecule has 0 aliphatic carbocycles. The summed E-state index contributed by atoms with van der Waals surface area (Å²) in [6.45, 7) is 5.23. The summed E-state index contributed by atoms with van der Waals surface area (Å²) in [5, 5.41) is 9.09. The molecule has 0 aliphatic rings. The summed E-state index contributed by atoms with van der Waals surface area (Å²) in [4.78, 5) is 1.83. The van der Waals surface area contributed by atoms with E-state index in [1.165, 1.54) is 0 Å². The van der Waals surface area contributed by atoms with Crippen molar-refractivity contribution in [1.29, 1.82) is 0 Å². The van der Waals surface area contributed by atoms with Gasteiger partial charge < -0.3 is 10.0 Å². The Balaban J connectivity index is 0. The van der Waals surface area contributed by atoms with Crippen LogP contribution in [0.4, 0.5) is 0 Å². The van der Waals surface area contributed by atoms with Gasteiger partial charge in [-0.25, -0.2) is 6.54 Å². The van der Waals surface area contributed by atoms with Gasteiger partial charge in [-0.3, -0.25) is 0 Å². The molecular weight excluding hydrogens is 193 g/mol. The smallest absolute Gasteiger partial charge is 0 e. The van der Waals surface area contributed by atoms with Gasteiger partial charge in [0.15, 0.2) is 0 Å². The summed E-state index contributed by atoms with van der Waals surface area (Å²) in [6.07, 6.45) is 0. The first kappa shape index (κ1) is 12.5. The molecule has 0 atom stereocenters. The van der Waals surface area contributed by atoms with Crippen LogP contribution in [0.1, 0.15) is 13.8 Å². The standard InChI is InChI=1S/C6H14NO.Zr/c1-6(2,8)5-7(3)4;/h5,8H,1-4H3;/q-1;. The predicted octanol–water partition coefficient (Wildman–Crippen LogP) is 0.478. The van der Waals surface area contributed by atoms with E-state index in [2.05, 4.69) is 0 Å². The molecular formula is C6H14NOZr-. The van der Waals surface area contributed by atoms with Gasteiger partial charge in [-0.05, 0) is 19.7 Å². The quantitative estimate of drug-likeness (QED) is 0.666. The Bertz CT molecular complexity index is 67.9. The maximum absolute atomic E-state index is 9.09. The molecule has 0 rings (SSSR count). The Morgan fingerprint density at radius 2 is 1.67 bits per heavy atom. The molecule has 0 aliphatic heterocycles. The van der Waals surface area contributed by atoms with Gasteiger partial charge in [-0.1, -0.05) is 13.8 Å². The molecule has 0 unspecified atom stereocenters. The van der Waals surface area contributed by atoms with Crippen molar-refractivity contribution in [3.8, 4) is 0 Å². The fourth-order valence-electron chi connectivity index (χ4n) is 0.632. The molecule has 3 heteroatoms. The van der Waals surface area contributed by atoms with Gasteiger partial charge in [0.25, 0.3) is 0 Å². The van der Waals surface area contributed by atoms with Gasteiger partial charge >= 0.3 is 0 Å². The fourth-order valence-corrected chi connectivity index (χ4v) is 0.632. The summed E-state index contributed by atoms with van der Waals surface area (Å²) in [5.74, 6) is 0. The van der Waals surface area contributed by atoms with Gasteiger partial charge in [0, 0.05) is 26.2 Å². The number of nitrogens with zero attached hydrogens (tertiary/aromatic N) is 1. The van der Waals surface area contributed by atoms with E-state index in [1.54, 1.807) is 20.4 Å². The minimum absolute atomic E-state index is 0. The van der Waals surface area contributed by atoms with Crippen LogP contribution in [-0.4, -0.2) is 29.7 Å². The Morgan fingerprint density at radius 3 is 1.67 bits per heavy atom. The molecule has 0 aromatic carbocycles. The molecule has 54 valence electrons. The third kappa shape index (κ3) is 12.1. The summed E-state index contributed by atoms with van der Waals surface area (Å²) in [6, 6.07) is 0. The van der Waals surface area contributed by atoms with Gasteiger partial charge in [-0.15, -0.1) is 0 Å². The first-order valence-corrected chi connectivity index (χ1v) is 2.66. The van der Waals surface area contributed by atoms with Crippen LogP contribution in [0, 0.1) is 6.54 Å². The molecule has 0 fully saturated rings. The maximum atomic E-state index is 9.09. The molecule has 0 saturated heterocycles. The molecule has 0 amide bonds. The number of rotatable bonds is 2. The molecule has 0 radical (unpaired) electrons. The molecule has 9 heavy (non-hydrogen) atoms. The topological polar surface area (TPSA) is 23.5 Å². The molecule has 0 aromatic rings. The van der Waals surface area contributed by atoms with Crippen molar-refractivity contribution in [2.24, 2.45) is 0 Å². The van der Waals surface area contributed by atoms with Crippen LogP contribution in [0.3, 0.4) is 0 Å². The van der Waals surface area contributed by atoms with Crippen LogP contribution in [0.15, 0.2) is 0 Å². The van der Waals surface area contributed by atoms with Crippen LogP contribution in [0.25, 0.3) is 0 Å². The van der Waals surface area contributed by atoms with E-state index in [-0.39, 0.29) is 26.2 Å². The average molecular weight is 207 g/mol. The summed E-state index contributed by atoms with van der Waals surface area (Å²) in [5.41, 5.74) is -0.677. The zero-order chi connectivity index (χ0) is 6.78.